The van der Waals surface area contributed by atoms with Crippen LogP contribution in [0.5, 0.6) is 0 Å². The molecular weight excluding hydrogens is 408 g/mol. The minimum absolute atomic E-state index is 0.291. The second-order valence-corrected chi connectivity index (χ2v) is 8.43. The van der Waals surface area contributed by atoms with Crippen molar-refractivity contribution in [1.82, 2.24) is 0 Å². The molecule has 0 bridgehead atoms. The molecule has 0 aromatic heterocycles. The van der Waals surface area contributed by atoms with Crippen LogP contribution >= 0.6 is 11.6 Å². The number of rotatable bonds is 3. The third kappa shape index (κ3) is 3.15. The summed E-state index contributed by atoms with van der Waals surface area (Å²) in [5, 5.41) is 0.584. The highest BCUT2D eigenvalue weighted by Crippen LogP contribution is 2.41. The van der Waals surface area contributed by atoms with Crippen molar-refractivity contribution in [3.05, 3.63) is 99.7 Å². The number of nitrogens with zero attached hydrogens (tertiary/aromatic N) is 2. The van der Waals surface area contributed by atoms with Crippen molar-refractivity contribution in [3.8, 4) is 0 Å². The zero-order valence-electron chi connectivity index (χ0n) is 17.4. The number of hydrogen-bond acceptors (Lipinski definition) is 3. The van der Waals surface area contributed by atoms with E-state index >= 15 is 0 Å². The number of benzene rings is 3. The van der Waals surface area contributed by atoms with Gasteiger partial charge in [-0.25, -0.2) is 4.90 Å². The van der Waals surface area contributed by atoms with Gasteiger partial charge in [0, 0.05) is 17.3 Å². The number of halogens is 1. The number of amides is 2. The minimum Gasteiger partial charge on any atom is -0.336 e. The van der Waals surface area contributed by atoms with Crippen LogP contribution < -0.4 is 9.80 Å². The summed E-state index contributed by atoms with van der Waals surface area (Å²) in [7, 11) is 0. The Bertz CT molecular complexity index is 1260. The van der Waals surface area contributed by atoms with Crippen LogP contribution in [0.15, 0.2) is 72.4 Å². The molecule has 154 valence electrons. The first-order valence-electron chi connectivity index (χ1n) is 10.3. The maximum absolute atomic E-state index is 13.8. The predicted octanol–water partition coefficient (Wildman–Crippen LogP) is 5.30. The Kier molecular flexibility index (Phi) is 4.67. The van der Waals surface area contributed by atoms with Gasteiger partial charge in [-0.05, 0) is 66.8 Å². The molecule has 0 saturated carbocycles. The van der Waals surface area contributed by atoms with Crippen LogP contribution in [0, 0.1) is 13.8 Å². The van der Waals surface area contributed by atoms with Crippen LogP contribution in [0.2, 0.25) is 5.02 Å². The van der Waals surface area contributed by atoms with Gasteiger partial charge in [-0.1, -0.05) is 54.1 Å². The first kappa shape index (κ1) is 19.6. The fourth-order valence-electron chi connectivity index (χ4n) is 4.39. The highest BCUT2D eigenvalue weighted by Gasteiger charge is 2.44. The summed E-state index contributed by atoms with van der Waals surface area (Å²) < 4.78 is 0. The standard InChI is InChI=1S/C26H21ClN2O2/c1-16-7-8-17(2)22(15-16)29-25(30)23(19-9-11-20(27)12-10-19)24(26(29)31)28-14-13-18-5-3-4-6-21(18)28/h3-12,15H,13-14H2,1-2H3. The summed E-state index contributed by atoms with van der Waals surface area (Å²) in [6.07, 6.45) is 0.832. The molecule has 0 fully saturated rings. The number of aryl methyl sites for hydroxylation is 2. The number of hydrogen-bond donors (Lipinski definition) is 0. The summed E-state index contributed by atoms with van der Waals surface area (Å²) in [4.78, 5) is 30.9. The number of imide groups is 1. The number of carbonyl (C=O) groups is 2. The van der Waals surface area contributed by atoms with E-state index in [1.807, 2.05) is 55.1 Å². The molecule has 31 heavy (non-hydrogen) atoms. The normalized spacial score (nSPS) is 15.8. The molecule has 0 unspecified atom stereocenters. The Balaban J connectivity index is 1.71. The van der Waals surface area contributed by atoms with E-state index in [2.05, 4.69) is 6.07 Å². The molecule has 0 radical (unpaired) electrons. The van der Waals surface area contributed by atoms with Crippen LogP contribution in [-0.4, -0.2) is 18.4 Å². The van der Waals surface area contributed by atoms with E-state index in [4.69, 9.17) is 11.6 Å². The molecule has 3 aromatic rings. The smallest absolute Gasteiger partial charge is 0.282 e. The lowest BCUT2D eigenvalue weighted by molar-refractivity contribution is -0.120. The largest absolute Gasteiger partial charge is 0.336 e. The molecule has 0 saturated heterocycles. The second kappa shape index (κ2) is 7.40. The Morgan fingerprint density at radius 2 is 1.58 bits per heavy atom. The van der Waals surface area contributed by atoms with E-state index in [0.29, 0.717) is 34.1 Å². The third-order valence-corrected chi connectivity index (χ3v) is 6.21. The molecule has 2 aliphatic heterocycles. The van der Waals surface area contributed by atoms with Gasteiger partial charge in [0.2, 0.25) is 0 Å². The van der Waals surface area contributed by atoms with Gasteiger partial charge in [0.15, 0.2) is 0 Å². The quantitative estimate of drug-likeness (QED) is 0.531. The minimum atomic E-state index is -0.305. The van der Waals surface area contributed by atoms with Gasteiger partial charge in [0.1, 0.15) is 5.70 Å². The zero-order valence-corrected chi connectivity index (χ0v) is 18.1. The summed E-state index contributed by atoms with van der Waals surface area (Å²) in [5.74, 6) is -0.597. The second-order valence-electron chi connectivity index (χ2n) is 8.00. The molecule has 3 aromatic carbocycles. The third-order valence-electron chi connectivity index (χ3n) is 5.95. The van der Waals surface area contributed by atoms with Crippen LogP contribution in [0.4, 0.5) is 11.4 Å². The summed E-state index contributed by atoms with van der Waals surface area (Å²) in [6, 6.07) is 21.0. The van der Waals surface area contributed by atoms with Crippen LogP contribution in [0.25, 0.3) is 5.57 Å². The van der Waals surface area contributed by atoms with Gasteiger partial charge in [-0.2, -0.15) is 0 Å². The molecule has 2 aliphatic rings. The van der Waals surface area contributed by atoms with Crippen LogP contribution in [0.1, 0.15) is 22.3 Å². The Labute approximate surface area is 186 Å². The van der Waals surface area contributed by atoms with E-state index in [0.717, 1.165) is 23.2 Å². The summed E-state index contributed by atoms with van der Waals surface area (Å²) >= 11 is 6.09. The zero-order chi connectivity index (χ0) is 21.7. The van der Waals surface area contributed by atoms with Crippen molar-refractivity contribution in [2.45, 2.75) is 20.3 Å². The number of carbonyl (C=O) groups excluding carboxylic acids is 2. The maximum Gasteiger partial charge on any atom is 0.282 e. The van der Waals surface area contributed by atoms with Gasteiger partial charge in [-0.15, -0.1) is 0 Å². The molecule has 5 heteroatoms. The predicted molar refractivity (Wildman–Crippen MR) is 124 cm³/mol. The Morgan fingerprint density at radius 3 is 2.35 bits per heavy atom. The molecular formula is C26H21ClN2O2. The maximum atomic E-state index is 13.8. The number of para-hydroxylation sites is 1. The van der Waals surface area contributed by atoms with Crippen molar-refractivity contribution in [2.24, 2.45) is 0 Å². The van der Waals surface area contributed by atoms with Crippen molar-refractivity contribution >= 4 is 40.4 Å². The van der Waals surface area contributed by atoms with Gasteiger partial charge in [0.05, 0.1) is 11.3 Å². The van der Waals surface area contributed by atoms with Crippen molar-refractivity contribution in [1.29, 1.82) is 0 Å². The average Bonchev–Trinajstić information content (AvgIpc) is 3.29. The van der Waals surface area contributed by atoms with Gasteiger partial charge in [0.25, 0.3) is 11.8 Å². The lowest BCUT2D eigenvalue weighted by Gasteiger charge is -2.22. The lowest BCUT2D eigenvalue weighted by atomic mass is 10.0. The highest BCUT2D eigenvalue weighted by molar-refractivity contribution is 6.46. The molecule has 0 spiro atoms. The van der Waals surface area contributed by atoms with E-state index in [9.17, 15) is 9.59 Å². The van der Waals surface area contributed by atoms with Crippen LogP contribution in [0.3, 0.4) is 0 Å². The van der Waals surface area contributed by atoms with Crippen molar-refractivity contribution in [3.63, 3.8) is 0 Å². The molecule has 2 amide bonds. The molecule has 5 rings (SSSR count). The fraction of sp³-hybridized carbons (Fsp3) is 0.154. The fourth-order valence-corrected chi connectivity index (χ4v) is 4.52. The van der Waals surface area contributed by atoms with Gasteiger partial charge in [-0.3, -0.25) is 9.59 Å². The molecule has 0 N–H and O–H groups in total. The summed E-state index contributed by atoms with van der Waals surface area (Å²) in [5.41, 5.74) is 6.19. The Morgan fingerprint density at radius 1 is 0.839 bits per heavy atom. The first-order valence-corrected chi connectivity index (χ1v) is 10.6. The first-order chi connectivity index (χ1) is 15.0. The van der Waals surface area contributed by atoms with E-state index in [1.54, 1.807) is 24.3 Å². The number of anilines is 2. The van der Waals surface area contributed by atoms with Crippen LogP contribution in [-0.2, 0) is 16.0 Å². The SMILES string of the molecule is Cc1ccc(C)c(N2C(=O)C(c3ccc(Cl)cc3)=C(N3CCc4ccccc43)C2=O)c1. The molecule has 0 atom stereocenters. The Hall–Kier alpha value is -3.37. The molecule has 0 aliphatic carbocycles. The topological polar surface area (TPSA) is 40.6 Å². The van der Waals surface area contributed by atoms with E-state index in [1.165, 1.54) is 10.5 Å². The van der Waals surface area contributed by atoms with E-state index in [-0.39, 0.29) is 11.8 Å². The summed E-state index contributed by atoms with van der Waals surface area (Å²) in [6.45, 7) is 4.53. The molecule has 2 heterocycles. The number of fused-ring (bicyclic) bond motifs is 1. The highest BCUT2D eigenvalue weighted by atomic mass is 35.5. The van der Waals surface area contributed by atoms with Gasteiger partial charge < -0.3 is 4.90 Å². The van der Waals surface area contributed by atoms with Gasteiger partial charge >= 0.3 is 0 Å². The van der Waals surface area contributed by atoms with Crippen molar-refractivity contribution in [2.75, 3.05) is 16.3 Å². The molecule has 4 nitrogen and oxygen atoms in total. The monoisotopic (exact) mass is 428 g/mol. The van der Waals surface area contributed by atoms with E-state index < -0.39 is 0 Å². The van der Waals surface area contributed by atoms with Crippen molar-refractivity contribution < 1.29 is 9.59 Å². The average molecular weight is 429 g/mol. The lowest BCUT2D eigenvalue weighted by Crippen LogP contribution is -2.35.